The highest BCUT2D eigenvalue weighted by molar-refractivity contribution is 6.30. The second-order valence-corrected chi connectivity index (χ2v) is 5.95. The normalized spacial score (nSPS) is 19.5. The Morgan fingerprint density at radius 2 is 1.83 bits per heavy atom. The van der Waals surface area contributed by atoms with E-state index in [9.17, 15) is 4.39 Å². The van der Waals surface area contributed by atoms with Crippen LogP contribution in [0, 0.1) is 11.2 Å². The maximum Gasteiger partial charge on any atom is 0.141 e. The van der Waals surface area contributed by atoms with Crippen molar-refractivity contribution in [2.45, 2.75) is 44.9 Å². The lowest BCUT2D eigenvalue weighted by molar-refractivity contribution is 0.252. The molecule has 100 valence electrons. The van der Waals surface area contributed by atoms with Crippen LogP contribution in [0.15, 0.2) is 18.2 Å². The van der Waals surface area contributed by atoms with Gasteiger partial charge in [0.2, 0.25) is 0 Å². The number of halogens is 2. The summed E-state index contributed by atoms with van der Waals surface area (Å²) in [5, 5.41) is 0.216. The van der Waals surface area contributed by atoms with E-state index in [1.807, 2.05) is 6.07 Å². The third-order valence-electron chi connectivity index (χ3n) is 4.16. The van der Waals surface area contributed by atoms with E-state index in [0.29, 0.717) is 6.54 Å². The molecule has 0 saturated heterocycles. The molecule has 1 saturated carbocycles. The smallest absolute Gasteiger partial charge is 0.141 e. The molecule has 18 heavy (non-hydrogen) atoms. The zero-order chi connectivity index (χ0) is 13.0. The van der Waals surface area contributed by atoms with Gasteiger partial charge in [-0.25, -0.2) is 4.39 Å². The van der Waals surface area contributed by atoms with Crippen LogP contribution in [0.4, 0.5) is 4.39 Å². The minimum atomic E-state index is -0.344. The highest BCUT2D eigenvalue weighted by Gasteiger charge is 2.29. The van der Waals surface area contributed by atoms with Crippen LogP contribution in [0.3, 0.4) is 0 Å². The SMILES string of the molecule is NCC1(Cc2ccc(F)c(Cl)c2)CCCCCC1. The lowest BCUT2D eigenvalue weighted by Gasteiger charge is -2.31. The Kier molecular flexibility index (Phi) is 4.63. The van der Waals surface area contributed by atoms with Gasteiger partial charge in [-0.15, -0.1) is 0 Å². The van der Waals surface area contributed by atoms with Gasteiger partial charge in [-0.05, 0) is 48.9 Å². The molecule has 1 fully saturated rings. The fourth-order valence-electron chi connectivity index (χ4n) is 3.01. The van der Waals surface area contributed by atoms with Crippen LogP contribution >= 0.6 is 11.6 Å². The topological polar surface area (TPSA) is 26.0 Å². The number of hydrogen-bond acceptors (Lipinski definition) is 1. The highest BCUT2D eigenvalue weighted by Crippen LogP contribution is 2.37. The summed E-state index contributed by atoms with van der Waals surface area (Å²) in [5.74, 6) is -0.344. The Morgan fingerprint density at radius 1 is 1.17 bits per heavy atom. The third-order valence-corrected chi connectivity index (χ3v) is 4.45. The Bertz CT molecular complexity index is 397. The summed E-state index contributed by atoms with van der Waals surface area (Å²) in [6.45, 7) is 0.710. The maximum atomic E-state index is 13.2. The fraction of sp³-hybridized carbons (Fsp3) is 0.600. The second-order valence-electron chi connectivity index (χ2n) is 5.54. The summed E-state index contributed by atoms with van der Waals surface area (Å²) < 4.78 is 13.2. The van der Waals surface area contributed by atoms with Gasteiger partial charge in [0.15, 0.2) is 0 Å². The van der Waals surface area contributed by atoms with E-state index < -0.39 is 0 Å². The van der Waals surface area contributed by atoms with Crippen molar-refractivity contribution in [2.24, 2.45) is 11.1 Å². The van der Waals surface area contributed by atoms with Crippen LogP contribution in [0.25, 0.3) is 0 Å². The van der Waals surface area contributed by atoms with Crippen LogP contribution in [-0.2, 0) is 6.42 Å². The van der Waals surface area contributed by atoms with Gasteiger partial charge in [-0.3, -0.25) is 0 Å². The van der Waals surface area contributed by atoms with Gasteiger partial charge in [-0.2, -0.15) is 0 Å². The molecule has 1 nitrogen and oxygen atoms in total. The summed E-state index contributed by atoms with van der Waals surface area (Å²) in [5.41, 5.74) is 7.31. The molecule has 0 bridgehead atoms. The number of nitrogens with two attached hydrogens (primary N) is 1. The van der Waals surface area contributed by atoms with E-state index in [-0.39, 0.29) is 16.3 Å². The first kappa shape index (κ1) is 13.8. The Morgan fingerprint density at radius 3 is 2.39 bits per heavy atom. The average molecular weight is 270 g/mol. The lowest BCUT2D eigenvalue weighted by atomic mass is 9.75. The third kappa shape index (κ3) is 3.24. The predicted octanol–water partition coefficient (Wildman–Crippen LogP) is 4.32. The van der Waals surface area contributed by atoms with Crippen molar-refractivity contribution in [1.82, 2.24) is 0 Å². The predicted molar refractivity (Wildman–Crippen MR) is 74.3 cm³/mol. The maximum absolute atomic E-state index is 13.2. The van der Waals surface area contributed by atoms with Crippen LogP contribution in [0.5, 0.6) is 0 Å². The van der Waals surface area contributed by atoms with Crippen molar-refractivity contribution < 1.29 is 4.39 Å². The summed E-state index contributed by atoms with van der Waals surface area (Å²) in [7, 11) is 0. The van der Waals surface area contributed by atoms with E-state index in [0.717, 1.165) is 12.0 Å². The van der Waals surface area contributed by atoms with Crippen LogP contribution in [-0.4, -0.2) is 6.54 Å². The molecule has 1 aliphatic carbocycles. The standard InChI is InChI=1S/C15H21ClFN/c16-13-9-12(5-6-14(13)17)10-15(11-18)7-3-1-2-4-8-15/h5-6,9H,1-4,7-8,10-11,18H2. The first-order chi connectivity index (χ1) is 8.65. The van der Waals surface area contributed by atoms with Crippen molar-refractivity contribution >= 4 is 11.6 Å². The largest absolute Gasteiger partial charge is 0.330 e. The van der Waals surface area contributed by atoms with E-state index in [1.54, 1.807) is 6.07 Å². The molecular formula is C15H21ClFN. The van der Waals surface area contributed by atoms with Gasteiger partial charge in [-0.1, -0.05) is 43.4 Å². The zero-order valence-electron chi connectivity index (χ0n) is 10.7. The average Bonchev–Trinajstić information content (AvgIpc) is 2.60. The zero-order valence-corrected chi connectivity index (χ0v) is 11.5. The fourth-order valence-corrected chi connectivity index (χ4v) is 3.22. The monoisotopic (exact) mass is 269 g/mol. The molecule has 3 heteroatoms. The quantitative estimate of drug-likeness (QED) is 0.813. The Hall–Kier alpha value is -0.600. The van der Waals surface area contributed by atoms with Gasteiger partial charge in [0.05, 0.1) is 5.02 Å². The van der Waals surface area contributed by atoms with E-state index in [2.05, 4.69) is 0 Å². The molecule has 0 spiro atoms. The summed E-state index contributed by atoms with van der Waals surface area (Å²) in [6, 6.07) is 5.04. The summed E-state index contributed by atoms with van der Waals surface area (Å²) in [6.07, 6.45) is 8.41. The minimum absolute atomic E-state index is 0.192. The molecule has 0 unspecified atom stereocenters. The minimum Gasteiger partial charge on any atom is -0.330 e. The highest BCUT2D eigenvalue weighted by atomic mass is 35.5. The molecule has 0 amide bonds. The number of hydrogen-bond donors (Lipinski definition) is 1. The number of benzene rings is 1. The van der Waals surface area contributed by atoms with Gasteiger partial charge < -0.3 is 5.73 Å². The molecule has 1 aliphatic rings. The first-order valence-electron chi connectivity index (χ1n) is 6.79. The van der Waals surface area contributed by atoms with E-state index >= 15 is 0 Å². The first-order valence-corrected chi connectivity index (χ1v) is 7.17. The number of rotatable bonds is 3. The molecule has 1 aromatic rings. The van der Waals surface area contributed by atoms with Crippen molar-refractivity contribution in [2.75, 3.05) is 6.54 Å². The van der Waals surface area contributed by atoms with Crippen molar-refractivity contribution in [3.63, 3.8) is 0 Å². The van der Waals surface area contributed by atoms with Crippen LogP contribution in [0.1, 0.15) is 44.1 Å². The summed E-state index contributed by atoms with van der Waals surface area (Å²) in [4.78, 5) is 0. The Balaban J connectivity index is 2.15. The van der Waals surface area contributed by atoms with E-state index in [4.69, 9.17) is 17.3 Å². The molecule has 2 rings (SSSR count). The van der Waals surface area contributed by atoms with Gasteiger partial charge in [0.25, 0.3) is 0 Å². The molecule has 0 atom stereocenters. The molecular weight excluding hydrogens is 249 g/mol. The second kappa shape index (κ2) is 6.03. The molecule has 0 aliphatic heterocycles. The van der Waals surface area contributed by atoms with Gasteiger partial charge >= 0.3 is 0 Å². The molecule has 2 N–H and O–H groups in total. The van der Waals surface area contributed by atoms with Gasteiger partial charge in [0.1, 0.15) is 5.82 Å². The van der Waals surface area contributed by atoms with Crippen LogP contribution < -0.4 is 5.73 Å². The lowest BCUT2D eigenvalue weighted by Crippen LogP contribution is -2.32. The summed E-state index contributed by atoms with van der Waals surface area (Å²) >= 11 is 5.85. The van der Waals surface area contributed by atoms with Crippen molar-refractivity contribution in [1.29, 1.82) is 0 Å². The molecule has 0 aromatic heterocycles. The van der Waals surface area contributed by atoms with Crippen molar-refractivity contribution in [3.8, 4) is 0 Å². The van der Waals surface area contributed by atoms with Crippen molar-refractivity contribution in [3.05, 3.63) is 34.6 Å². The molecule has 1 aromatic carbocycles. The van der Waals surface area contributed by atoms with Gasteiger partial charge in [0, 0.05) is 0 Å². The van der Waals surface area contributed by atoms with Crippen LogP contribution in [0.2, 0.25) is 5.02 Å². The molecule has 0 radical (unpaired) electrons. The van der Waals surface area contributed by atoms with E-state index in [1.165, 1.54) is 44.6 Å². The Labute approximate surface area is 114 Å². The molecule has 0 heterocycles.